The molecule has 160 valence electrons. The Morgan fingerprint density at radius 3 is 2.31 bits per heavy atom. The van der Waals surface area contributed by atoms with Crippen LogP contribution in [0.15, 0.2) is 29.2 Å². The van der Waals surface area contributed by atoms with E-state index in [1.165, 1.54) is 31.4 Å². The van der Waals surface area contributed by atoms with Gasteiger partial charge in [0, 0.05) is 32.6 Å². The van der Waals surface area contributed by atoms with Crippen LogP contribution in [-0.2, 0) is 21.0 Å². The lowest BCUT2D eigenvalue weighted by molar-refractivity contribution is -0.140. The molecule has 2 aliphatic carbocycles. The fourth-order valence-corrected chi connectivity index (χ4v) is 6.86. The Labute approximate surface area is 168 Å². The predicted octanol–water partition coefficient (Wildman–Crippen LogP) is 3.36. The van der Waals surface area contributed by atoms with Gasteiger partial charge in [-0.3, -0.25) is 4.79 Å². The zero-order valence-corrected chi connectivity index (χ0v) is 16.9. The molecule has 1 saturated heterocycles. The Hall–Kier alpha value is -1.61. The van der Waals surface area contributed by atoms with Gasteiger partial charge in [0.25, 0.3) is 0 Å². The molecule has 3 atom stereocenters. The molecule has 1 aromatic carbocycles. The lowest BCUT2D eigenvalue weighted by Crippen LogP contribution is -2.51. The van der Waals surface area contributed by atoms with Gasteiger partial charge in [0.1, 0.15) is 0 Å². The largest absolute Gasteiger partial charge is 0.417 e. The third-order valence-corrected chi connectivity index (χ3v) is 8.68. The lowest BCUT2D eigenvalue weighted by atomic mass is 9.86. The maximum atomic E-state index is 13.2. The number of benzene rings is 1. The average Bonchev–Trinajstić information content (AvgIpc) is 3.30. The van der Waals surface area contributed by atoms with Crippen molar-refractivity contribution in [3.05, 3.63) is 29.8 Å². The van der Waals surface area contributed by atoms with Gasteiger partial charge >= 0.3 is 6.18 Å². The van der Waals surface area contributed by atoms with E-state index in [9.17, 15) is 26.4 Å². The van der Waals surface area contributed by atoms with E-state index in [0.29, 0.717) is 18.3 Å². The third-order valence-electron chi connectivity index (χ3n) is 6.72. The first-order chi connectivity index (χ1) is 13.7. The molecule has 1 aromatic rings. The first-order valence-electron chi connectivity index (χ1n) is 10.1. The SMILES string of the molecule is O=C(C[C@@H]1C[C@H]2CC[C@H]1C2)N1CCN(S(=O)(=O)c2ccccc2C(F)(F)F)CC1. The van der Waals surface area contributed by atoms with Crippen molar-refractivity contribution in [2.45, 2.75) is 43.2 Å². The summed E-state index contributed by atoms with van der Waals surface area (Å²) in [5.41, 5.74) is -1.16. The van der Waals surface area contributed by atoms with Gasteiger partial charge < -0.3 is 4.90 Å². The highest BCUT2D eigenvalue weighted by Crippen LogP contribution is 2.49. The van der Waals surface area contributed by atoms with Crippen LogP contribution in [-0.4, -0.2) is 49.7 Å². The smallest absolute Gasteiger partial charge is 0.340 e. The maximum absolute atomic E-state index is 13.2. The van der Waals surface area contributed by atoms with E-state index < -0.39 is 26.7 Å². The minimum absolute atomic E-state index is 0.0109. The molecule has 1 heterocycles. The highest BCUT2D eigenvalue weighted by Gasteiger charge is 2.42. The van der Waals surface area contributed by atoms with Gasteiger partial charge in [-0.15, -0.1) is 0 Å². The topological polar surface area (TPSA) is 57.7 Å². The first-order valence-corrected chi connectivity index (χ1v) is 11.5. The second-order valence-electron chi connectivity index (χ2n) is 8.42. The summed E-state index contributed by atoms with van der Waals surface area (Å²) in [4.78, 5) is 13.6. The minimum atomic E-state index is -4.75. The number of hydrogen-bond acceptors (Lipinski definition) is 3. The summed E-state index contributed by atoms with van der Waals surface area (Å²) in [5, 5.41) is 0. The van der Waals surface area contributed by atoms with E-state index in [2.05, 4.69) is 0 Å². The van der Waals surface area contributed by atoms with Crippen molar-refractivity contribution in [1.29, 1.82) is 0 Å². The van der Waals surface area contributed by atoms with Gasteiger partial charge in [0.15, 0.2) is 0 Å². The minimum Gasteiger partial charge on any atom is -0.340 e. The van der Waals surface area contributed by atoms with Crippen LogP contribution < -0.4 is 0 Å². The van der Waals surface area contributed by atoms with Gasteiger partial charge in [-0.25, -0.2) is 8.42 Å². The number of carbonyl (C=O) groups is 1. The summed E-state index contributed by atoms with van der Waals surface area (Å²) in [6.45, 7) is 0.452. The molecular formula is C20H25F3N2O3S. The van der Waals surface area contributed by atoms with Crippen LogP contribution in [0.4, 0.5) is 13.2 Å². The molecule has 5 nitrogen and oxygen atoms in total. The molecule has 0 unspecified atom stereocenters. The predicted molar refractivity (Wildman–Crippen MR) is 100 cm³/mol. The number of hydrogen-bond donors (Lipinski definition) is 0. The van der Waals surface area contributed by atoms with Gasteiger partial charge in [0.05, 0.1) is 10.5 Å². The van der Waals surface area contributed by atoms with Gasteiger partial charge in [-0.05, 0) is 49.1 Å². The second-order valence-corrected chi connectivity index (χ2v) is 10.3. The molecule has 0 N–H and O–H groups in total. The number of nitrogens with zero attached hydrogens (tertiary/aromatic N) is 2. The van der Waals surface area contributed by atoms with E-state index in [0.717, 1.165) is 28.8 Å². The van der Waals surface area contributed by atoms with Crippen molar-refractivity contribution in [2.24, 2.45) is 17.8 Å². The lowest BCUT2D eigenvalue weighted by Gasteiger charge is -2.35. The summed E-state index contributed by atoms with van der Waals surface area (Å²) < 4.78 is 66.4. The molecule has 1 amide bonds. The number of fused-ring (bicyclic) bond motifs is 2. The van der Waals surface area contributed by atoms with E-state index >= 15 is 0 Å². The summed E-state index contributed by atoms with van der Waals surface area (Å²) >= 11 is 0. The standard InChI is InChI=1S/C20H25F3N2O3S/c21-20(22,23)17-3-1-2-4-18(17)29(27,28)25-9-7-24(8-10-25)19(26)13-16-12-14-5-6-15(16)11-14/h1-4,14-16H,5-13H2/t14-,15-,16-/m0/s1. The zero-order valence-electron chi connectivity index (χ0n) is 16.1. The number of sulfonamides is 1. The van der Waals surface area contributed by atoms with E-state index in [1.807, 2.05) is 0 Å². The van der Waals surface area contributed by atoms with Gasteiger partial charge in [-0.1, -0.05) is 18.6 Å². The third kappa shape index (κ3) is 4.03. The molecule has 1 aliphatic heterocycles. The Bertz CT molecular complexity index is 879. The van der Waals surface area contributed by atoms with Crippen LogP contribution in [0.2, 0.25) is 0 Å². The Kier molecular flexibility index (Phi) is 5.40. The summed E-state index contributed by atoms with van der Waals surface area (Å²) in [6, 6.07) is 4.23. The average molecular weight is 430 g/mol. The number of rotatable bonds is 4. The van der Waals surface area contributed by atoms with Gasteiger partial charge in [-0.2, -0.15) is 17.5 Å². The Morgan fingerprint density at radius 2 is 1.72 bits per heavy atom. The highest BCUT2D eigenvalue weighted by atomic mass is 32.2. The van der Waals surface area contributed by atoms with Crippen LogP contribution in [0.1, 0.15) is 37.7 Å². The number of amides is 1. The van der Waals surface area contributed by atoms with Crippen molar-refractivity contribution < 1.29 is 26.4 Å². The molecule has 2 bridgehead atoms. The Morgan fingerprint density at radius 1 is 1.03 bits per heavy atom. The molecule has 4 rings (SSSR count). The normalized spacial score (nSPS) is 28.1. The van der Waals surface area contributed by atoms with E-state index in [-0.39, 0.29) is 32.1 Å². The summed E-state index contributed by atoms with van der Waals surface area (Å²) in [7, 11) is -4.28. The van der Waals surface area contributed by atoms with Crippen LogP contribution in [0.25, 0.3) is 0 Å². The number of alkyl halides is 3. The van der Waals surface area contributed by atoms with Gasteiger partial charge in [0.2, 0.25) is 15.9 Å². The fraction of sp³-hybridized carbons (Fsp3) is 0.650. The van der Waals surface area contributed by atoms with Crippen LogP contribution in [0.5, 0.6) is 0 Å². The summed E-state index contributed by atoms with van der Waals surface area (Å²) in [5.74, 6) is 1.87. The van der Waals surface area contributed by atoms with Crippen molar-refractivity contribution in [2.75, 3.05) is 26.2 Å². The van der Waals surface area contributed by atoms with Crippen molar-refractivity contribution in [3.63, 3.8) is 0 Å². The molecule has 0 radical (unpaired) electrons. The number of piperazine rings is 1. The molecule has 3 aliphatic rings. The molecule has 3 fully saturated rings. The molecule has 0 spiro atoms. The van der Waals surface area contributed by atoms with E-state index in [1.54, 1.807) is 4.90 Å². The monoisotopic (exact) mass is 430 g/mol. The highest BCUT2D eigenvalue weighted by molar-refractivity contribution is 7.89. The Balaban J connectivity index is 1.40. The van der Waals surface area contributed by atoms with Crippen molar-refractivity contribution >= 4 is 15.9 Å². The summed E-state index contributed by atoms with van der Waals surface area (Å²) in [6.07, 6.45) is 0.563. The van der Waals surface area contributed by atoms with Crippen LogP contribution in [0, 0.1) is 17.8 Å². The molecular weight excluding hydrogens is 405 g/mol. The van der Waals surface area contributed by atoms with Crippen LogP contribution in [0.3, 0.4) is 0 Å². The van der Waals surface area contributed by atoms with Crippen molar-refractivity contribution in [1.82, 2.24) is 9.21 Å². The second kappa shape index (κ2) is 7.58. The first kappa shape index (κ1) is 20.7. The molecule has 9 heteroatoms. The molecule has 2 saturated carbocycles. The molecule has 0 aromatic heterocycles. The number of halogens is 3. The van der Waals surface area contributed by atoms with E-state index in [4.69, 9.17) is 0 Å². The van der Waals surface area contributed by atoms with Crippen LogP contribution >= 0.6 is 0 Å². The van der Waals surface area contributed by atoms with Crippen molar-refractivity contribution in [3.8, 4) is 0 Å². The zero-order chi connectivity index (χ0) is 20.8. The molecule has 29 heavy (non-hydrogen) atoms. The fourth-order valence-electron chi connectivity index (χ4n) is 5.22. The number of carbonyl (C=O) groups excluding carboxylic acids is 1. The maximum Gasteiger partial charge on any atom is 0.417 e. The quantitative estimate of drug-likeness (QED) is 0.736.